The second-order valence-electron chi connectivity index (χ2n) is 6.98. The van der Waals surface area contributed by atoms with Crippen LogP contribution in [0.4, 0.5) is 0 Å². The van der Waals surface area contributed by atoms with Gasteiger partial charge >= 0.3 is 0 Å². The zero-order chi connectivity index (χ0) is 19.1. The summed E-state index contributed by atoms with van der Waals surface area (Å²) in [5, 5.41) is 21.2. The quantitative estimate of drug-likeness (QED) is 0.690. The number of aliphatic hydroxyl groups is 2. The molecule has 0 amide bonds. The molecule has 148 valence electrons. The van der Waals surface area contributed by atoms with Crippen molar-refractivity contribution in [1.29, 1.82) is 0 Å². The number of thiophene rings is 1. The van der Waals surface area contributed by atoms with Gasteiger partial charge in [-0.05, 0) is 42.5 Å². The van der Waals surface area contributed by atoms with Crippen molar-refractivity contribution in [2.24, 2.45) is 0 Å². The Morgan fingerprint density at radius 3 is 2.78 bits per heavy atom. The molecule has 2 N–H and O–H groups in total. The van der Waals surface area contributed by atoms with E-state index >= 15 is 0 Å². The van der Waals surface area contributed by atoms with Crippen LogP contribution in [0.1, 0.15) is 29.3 Å². The van der Waals surface area contributed by atoms with Crippen molar-refractivity contribution in [2.45, 2.75) is 39.1 Å². The molecule has 1 saturated heterocycles. The maximum Gasteiger partial charge on any atom is 0.124 e. The van der Waals surface area contributed by atoms with Crippen molar-refractivity contribution in [3.8, 4) is 5.75 Å². The van der Waals surface area contributed by atoms with Gasteiger partial charge in [-0.2, -0.15) is 0 Å². The van der Waals surface area contributed by atoms with Crippen LogP contribution in [-0.4, -0.2) is 58.9 Å². The van der Waals surface area contributed by atoms with Crippen molar-refractivity contribution in [3.05, 3.63) is 51.7 Å². The van der Waals surface area contributed by atoms with E-state index in [2.05, 4.69) is 33.4 Å². The van der Waals surface area contributed by atoms with Gasteiger partial charge in [0.1, 0.15) is 5.75 Å². The first-order valence-corrected chi connectivity index (χ1v) is 10.6. The summed E-state index contributed by atoms with van der Waals surface area (Å²) in [4.78, 5) is 6.32. The highest BCUT2D eigenvalue weighted by molar-refractivity contribution is 7.09. The van der Waals surface area contributed by atoms with Gasteiger partial charge in [0, 0.05) is 55.8 Å². The Kier molecular flexibility index (Phi) is 7.67. The average Bonchev–Trinajstić information content (AvgIpc) is 3.18. The number of piperazine rings is 1. The monoisotopic (exact) mass is 390 g/mol. The molecule has 2 aromatic rings. The molecule has 0 radical (unpaired) electrons. The summed E-state index contributed by atoms with van der Waals surface area (Å²) in [5.41, 5.74) is 2.04. The number of ether oxygens (including phenoxy) is 1. The molecular formula is C21H30N2O3S. The number of aliphatic hydroxyl groups excluding tert-OH is 2. The Morgan fingerprint density at radius 2 is 2.07 bits per heavy atom. The van der Waals surface area contributed by atoms with E-state index in [1.54, 1.807) is 11.3 Å². The maximum atomic E-state index is 9.62. The van der Waals surface area contributed by atoms with Gasteiger partial charge in [-0.3, -0.25) is 9.80 Å². The molecule has 1 aromatic carbocycles. The zero-order valence-electron chi connectivity index (χ0n) is 16.0. The van der Waals surface area contributed by atoms with E-state index in [0.717, 1.165) is 50.5 Å². The third-order valence-corrected chi connectivity index (χ3v) is 5.95. The molecule has 2 heterocycles. The van der Waals surface area contributed by atoms with Crippen LogP contribution in [0, 0.1) is 0 Å². The lowest BCUT2D eigenvalue weighted by Crippen LogP contribution is -2.52. The van der Waals surface area contributed by atoms with Crippen molar-refractivity contribution in [3.63, 3.8) is 0 Å². The van der Waals surface area contributed by atoms with Crippen LogP contribution in [0.15, 0.2) is 35.7 Å². The van der Waals surface area contributed by atoms with Gasteiger partial charge in [0.05, 0.1) is 13.2 Å². The molecule has 0 spiro atoms. The second-order valence-corrected chi connectivity index (χ2v) is 8.02. The van der Waals surface area contributed by atoms with Crippen molar-refractivity contribution >= 4 is 11.3 Å². The van der Waals surface area contributed by atoms with Gasteiger partial charge in [0.25, 0.3) is 0 Å². The molecular weight excluding hydrogens is 360 g/mol. The largest absolute Gasteiger partial charge is 0.494 e. The summed E-state index contributed by atoms with van der Waals surface area (Å²) in [6, 6.07) is 10.7. The van der Waals surface area contributed by atoms with E-state index in [1.165, 1.54) is 10.4 Å². The Morgan fingerprint density at radius 1 is 1.19 bits per heavy atom. The van der Waals surface area contributed by atoms with Crippen molar-refractivity contribution < 1.29 is 14.9 Å². The third-order valence-electron chi connectivity index (χ3n) is 5.09. The number of rotatable bonds is 9. The lowest BCUT2D eigenvalue weighted by atomic mass is 10.1. The highest BCUT2D eigenvalue weighted by Gasteiger charge is 2.27. The molecule has 0 aliphatic carbocycles. The average molecular weight is 391 g/mol. The predicted molar refractivity (Wildman–Crippen MR) is 109 cm³/mol. The SMILES string of the molecule is CCOc1ccc(CN2CCN(Cc3cccs3)[C@@H](CCO)C2)cc1CO. The zero-order valence-corrected chi connectivity index (χ0v) is 16.8. The number of nitrogens with zero attached hydrogens (tertiary/aromatic N) is 2. The standard InChI is InChI=1S/C21H30N2O3S/c1-2-26-21-6-5-17(12-18(21)16-25)13-22-8-9-23(19(14-22)7-10-24)15-20-4-3-11-27-20/h3-6,11-12,19,24-25H,2,7-10,13-16H2,1H3/t19-/m0/s1. The fourth-order valence-electron chi connectivity index (χ4n) is 3.74. The lowest BCUT2D eigenvalue weighted by molar-refractivity contribution is 0.0506. The molecule has 5 nitrogen and oxygen atoms in total. The highest BCUT2D eigenvalue weighted by Crippen LogP contribution is 2.23. The van der Waals surface area contributed by atoms with E-state index in [-0.39, 0.29) is 13.2 Å². The van der Waals surface area contributed by atoms with Crippen molar-refractivity contribution in [2.75, 3.05) is 32.8 Å². The van der Waals surface area contributed by atoms with E-state index in [1.807, 2.05) is 19.1 Å². The molecule has 27 heavy (non-hydrogen) atoms. The summed E-state index contributed by atoms with van der Waals surface area (Å²) in [6.45, 7) is 7.55. The van der Waals surface area contributed by atoms with Gasteiger partial charge in [-0.1, -0.05) is 12.1 Å². The van der Waals surface area contributed by atoms with E-state index < -0.39 is 0 Å². The minimum absolute atomic E-state index is 0.00903. The molecule has 1 aliphatic heterocycles. The molecule has 0 bridgehead atoms. The Bertz CT molecular complexity index is 693. The molecule has 3 rings (SSSR count). The summed E-state index contributed by atoms with van der Waals surface area (Å²) in [5.74, 6) is 0.766. The molecule has 1 aliphatic rings. The molecule has 1 atom stereocenters. The maximum absolute atomic E-state index is 9.62. The second kappa shape index (κ2) is 10.2. The summed E-state index contributed by atoms with van der Waals surface area (Å²) in [7, 11) is 0. The Hall–Kier alpha value is -1.44. The Balaban J connectivity index is 1.63. The summed E-state index contributed by atoms with van der Waals surface area (Å²) >= 11 is 1.80. The van der Waals surface area contributed by atoms with E-state index in [4.69, 9.17) is 4.74 Å². The van der Waals surface area contributed by atoms with Crippen LogP contribution in [0.5, 0.6) is 5.75 Å². The van der Waals surface area contributed by atoms with Crippen LogP contribution >= 0.6 is 11.3 Å². The van der Waals surface area contributed by atoms with Gasteiger partial charge in [0.2, 0.25) is 0 Å². The fraction of sp³-hybridized carbons (Fsp3) is 0.524. The van der Waals surface area contributed by atoms with Gasteiger partial charge in [-0.25, -0.2) is 0 Å². The highest BCUT2D eigenvalue weighted by atomic mass is 32.1. The third kappa shape index (κ3) is 5.53. The molecule has 0 saturated carbocycles. The first-order chi connectivity index (χ1) is 13.2. The van der Waals surface area contributed by atoms with E-state index in [9.17, 15) is 10.2 Å². The van der Waals surface area contributed by atoms with Crippen LogP contribution in [0.25, 0.3) is 0 Å². The molecule has 1 fully saturated rings. The minimum Gasteiger partial charge on any atom is -0.494 e. The van der Waals surface area contributed by atoms with Gasteiger partial charge < -0.3 is 14.9 Å². The van der Waals surface area contributed by atoms with Crippen LogP contribution in [-0.2, 0) is 19.7 Å². The normalized spacial score (nSPS) is 18.7. The minimum atomic E-state index is -0.00903. The topological polar surface area (TPSA) is 56.2 Å². The smallest absolute Gasteiger partial charge is 0.124 e. The van der Waals surface area contributed by atoms with Gasteiger partial charge in [-0.15, -0.1) is 11.3 Å². The van der Waals surface area contributed by atoms with Crippen LogP contribution < -0.4 is 4.74 Å². The van der Waals surface area contributed by atoms with E-state index in [0.29, 0.717) is 12.6 Å². The molecule has 1 aromatic heterocycles. The number of hydrogen-bond donors (Lipinski definition) is 2. The Labute approximate surface area is 165 Å². The first-order valence-electron chi connectivity index (χ1n) is 9.68. The van der Waals surface area contributed by atoms with Crippen LogP contribution in [0.2, 0.25) is 0 Å². The van der Waals surface area contributed by atoms with Crippen molar-refractivity contribution in [1.82, 2.24) is 9.80 Å². The van der Waals surface area contributed by atoms with Gasteiger partial charge in [0.15, 0.2) is 0 Å². The first kappa shape index (κ1) is 20.3. The fourth-order valence-corrected chi connectivity index (χ4v) is 4.47. The number of hydrogen-bond acceptors (Lipinski definition) is 6. The molecule has 6 heteroatoms. The predicted octanol–water partition coefficient (Wildman–Crippen LogP) is 2.71. The summed E-state index contributed by atoms with van der Waals surface area (Å²) in [6.07, 6.45) is 0.799. The van der Waals surface area contributed by atoms with Crippen LogP contribution in [0.3, 0.4) is 0 Å². The number of benzene rings is 1. The molecule has 0 unspecified atom stereocenters. The lowest BCUT2D eigenvalue weighted by Gasteiger charge is -2.41. The summed E-state index contributed by atoms with van der Waals surface area (Å²) < 4.78 is 5.58.